The lowest BCUT2D eigenvalue weighted by molar-refractivity contribution is 0.310. The van der Waals surface area contributed by atoms with Crippen molar-refractivity contribution in [2.75, 3.05) is 38.1 Å². The molecule has 1 saturated heterocycles. The summed E-state index contributed by atoms with van der Waals surface area (Å²) in [6.07, 6.45) is 1.04. The fourth-order valence-electron chi connectivity index (χ4n) is 3.32. The molecule has 0 atom stereocenters. The number of aromatic nitrogens is 3. The van der Waals surface area contributed by atoms with E-state index >= 15 is 0 Å². The van der Waals surface area contributed by atoms with Crippen LogP contribution >= 0.6 is 0 Å². The molecule has 3 heterocycles. The molecule has 2 aromatic heterocycles. The van der Waals surface area contributed by atoms with E-state index in [0.717, 1.165) is 55.3 Å². The molecule has 1 fully saturated rings. The summed E-state index contributed by atoms with van der Waals surface area (Å²) in [5, 5.41) is 5.91. The third kappa shape index (κ3) is 2.45. The van der Waals surface area contributed by atoms with Crippen LogP contribution in [0.25, 0.3) is 16.4 Å². The van der Waals surface area contributed by atoms with E-state index in [4.69, 9.17) is 10.1 Å². The van der Waals surface area contributed by atoms with Crippen LogP contribution in [0.15, 0.2) is 24.3 Å². The molecule has 4 rings (SSSR count). The van der Waals surface area contributed by atoms with Gasteiger partial charge in [0.2, 0.25) is 5.95 Å². The number of fused-ring (bicyclic) bond motifs is 3. The molecule has 5 heteroatoms. The van der Waals surface area contributed by atoms with Gasteiger partial charge in [0.25, 0.3) is 0 Å². The molecule has 1 aliphatic heterocycles. The van der Waals surface area contributed by atoms with Gasteiger partial charge in [0.1, 0.15) is 0 Å². The molecular formula is C18H23N5. The molecule has 0 spiro atoms. The molecular weight excluding hydrogens is 286 g/mol. The first kappa shape index (κ1) is 14.5. The molecule has 23 heavy (non-hydrogen) atoms. The standard InChI is InChI=1S/C18H23N5/c1-4-14-5-6-16-15(12-14)17-11-13(2)20-23(17)18(19-16)22-9-7-21(3)8-10-22/h5-6,11-12H,4,7-10H2,1-3H3. The van der Waals surface area contributed by atoms with Gasteiger partial charge in [-0.2, -0.15) is 9.61 Å². The first-order valence-corrected chi connectivity index (χ1v) is 8.38. The minimum atomic E-state index is 0.970. The van der Waals surface area contributed by atoms with Crippen LogP contribution < -0.4 is 4.90 Å². The Morgan fingerprint density at radius 3 is 2.61 bits per heavy atom. The number of benzene rings is 1. The minimum Gasteiger partial charge on any atom is -0.338 e. The third-order valence-corrected chi connectivity index (χ3v) is 4.77. The van der Waals surface area contributed by atoms with Gasteiger partial charge >= 0.3 is 0 Å². The predicted octanol–water partition coefficient (Wildman–Crippen LogP) is 2.51. The summed E-state index contributed by atoms with van der Waals surface area (Å²) in [6.45, 7) is 8.36. The average molecular weight is 309 g/mol. The molecule has 0 unspecified atom stereocenters. The molecule has 0 radical (unpaired) electrons. The molecule has 0 aliphatic carbocycles. The quantitative estimate of drug-likeness (QED) is 0.729. The molecule has 1 aliphatic rings. The van der Waals surface area contributed by atoms with Crippen LogP contribution in [-0.2, 0) is 6.42 Å². The van der Waals surface area contributed by atoms with E-state index in [1.807, 2.05) is 4.52 Å². The third-order valence-electron chi connectivity index (χ3n) is 4.77. The van der Waals surface area contributed by atoms with Gasteiger partial charge in [-0.1, -0.05) is 13.0 Å². The Balaban J connectivity index is 1.92. The van der Waals surface area contributed by atoms with Gasteiger partial charge < -0.3 is 9.80 Å². The second kappa shape index (κ2) is 5.49. The second-order valence-electron chi connectivity index (χ2n) is 6.49. The Morgan fingerprint density at radius 2 is 1.87 bits per heavy atom. The molecule has 0 saturated carbocycles. The molecule has 5 nitrogen and oxygen atoms in total. The lowest BCUT2D eigenvalue weighted by atomic mass is 10.1. The smallest absolute Gasteiger partial charge is 0.227 e. The number of aryl methyl sites for hydroxylation is 2. The maximum absolute atomic E-state index is 4.95. The van der Waals surface area contributed by atoms with Crippen LogP contribution in [-0.4, -0.2) is 52.7 Å². The molecule has 0 amide bonds. The molecule has 0 bridgehead atoms. The van der Waals surface area contributed by atoms with E-state index in [9.17, 15) is 0 Å². The Kier molecular flexibility index (Phi) is 3.45. The lowest BCUT2D eigenvalue weighted by Crippen LogP contribution is -2.45. The summed E-state index contributed by atoms with van der Waals surface area (Å²) < 4.78 is 2.03. The van der Waals surface area contributed by atoms with Gasteiger partial charge in [-0.15, -0.1) is 0 Å². The zero-order valence-electron chi connectivity index (χ0n) is 14.1. The highest BCUT2D eigenvalue weighted by molar-refractivity contribution is 5.95. The van der Waals surface area contributed by atoms with E-state index < -0.39 is 0 Å². The van der Waals surface area contributed by atoms with Crippen molar-refractivity contribution < 1.29 is 0 Å². The maximum Gasteiger partial charge on any atom is 0.227 e. The van der Waals surface area contributed by atoms with Gasteiger partial charge in [-0.25, -0.2) is 4.98 Å². The molecule has 120 valence electrons. The van der Waals surface area contributed by atoms with Crippen molar-refractivity contribution in [2.45, 2.75) is 20.3 Å². The van der Waals surface area contributed by atoms with E-state index in [1.54, 1.807) is 0 Å². The van der Waals surface area contributed by atoms with Gasteiger partial charge in [-0.3, -0.25) is 0 Å². The summed E-state index contributed by atoms with van der Waals surface area (Å²) in [5.41, 5.74) is 4.60. The van der Waals surface area contributed by atoms with E-state index in [-0.39, 0.29) is 0 Å². The maximum atomic E-state index is 4.95. The Labute approximate surface area is 136 Å². The topological polar surface area (TPSA) is 36.7 Å². The SMILES string of the molecule is CCc1ccc2nc(N3CCN(C)CC3)n3nc(C)cc3c2c1. The summed E-state index contributed by atoms with van der Waals surface area (Å²) in [6, 6.07) is 8.76. The first-order valence-electron chi connectivity index (χ1n) is 8.38. The number of rotatable bonds is 2. The van der Waals surface area contributed by atoms with Crippen molar-refractivity contribution in [2.24, 2.45) is 0 Å². The van der Waals surface area contributed by atoms with E-state index in [2.05, 4.69) is 55.0 Å². The fraction of sp³-hybridized carbons (Fsp3) is 0.444. The highest BCUT2D eigenvalue weighted by Crippen LogP contribution is 2.26. The first-order chi connectivity index (χ1) is 11.2. The normalized spacial score (nSPS) is 16.6. The van der Waals surface area contributed by atoms with Gasteiger partial charge in [0, 0.05) is 31.6 Å². The fourth-order valence-corrected chi connectivity index (χ4v) is 3.32. The number of nitrogens with zero attached hydrogens (tertiary/aromatic N) is 5. The predicted molar refractivity (Wildman–Crippen MR) is 94.3 cm³/mol. The summed E-state index contributed by atoms with van der Waals surface area (Å²) in [7, 11) is 2.17. The summed E-state index contributed by atoms with van der Waals surface area (Å²) in [4.78, 5) is 9.66. The van der Waals surface area contributed by atoms with Crippen molar-refractivity contribution in [1.29, 1.82) is 0 Å². The van der Waals surface area contributed by atoms with E-state index in [0.29, 0.717) is 0 Å². The van der Waals surface area contributed by atoms with Crippen LogP contribution in [0, 0.1) is 6.92 Å². The molecule has 0 N–H and O–H groups in total. The van der Waals surface area contributed by atoms with Gasteiger partial charge in [0.05, 0.1) is 16.7 Å². The molecule has 3 aromatic rings. The Bertz CT molecular complexity index is 859. The number of hydrogen-bond donors (Lipinski definition) is 0. The highest BCUT2D eigenvalue weighted by Gasteiger charge is 2.20. The second-order valence-corrected chi connectivity index (χ2v) is 6.49. The number of hydrogen-bond acceptors (Lipinski definition) is 4. The lowest BCUT2D eigenvalue weighted by Gasteiger charge is -2.33. The number of anilines is 1. The average Bonchev–Trinajstić information content (AvgIpc) is 2.96. The van der Waals surface area contributed by atoms with Crippen LogP contribution in [0.5, 0.6) is 0 Å². The van der Waals surface area contributed by atoms with Crippen molar-refractivity contribution in [1.82, 2.24) is 19.5 Å². The number of likely N-dealkylation sites (N-methyl/N-ethyl adjacent to an activating group) is 1. The van der Waals surface area contributed by atoms with Crippen LogP contribution in [0.2, 0.25) is 0 Å². The molecule has 1 aromatic carbocycles. The zero-order valence-corrected chi connectivity index (χ0v) is 14.1. The highest BCUT2D eigenvalue weighted by atomic mass is 15.4. The largest absolute Gasteiger partial charge is 0.338 e. The monoisotopic (exact) mass is 309 g/mol. The van der Waals surface area contributed by atoms with Crippen LogP contribution in [0.3, 0.4) is 0 Å². The Hall–Kier alpha value is -2.14. The number of piperazine rings is 1. The van der Waals surface area contributed by atoms with Gasteiger partial charge in [-0.05, 0) is 44.2 Å². The Morgan fingerprint density at radius 1 is 1.09 bits per heavy atom. The van der Waals surface area contributed by atoms with Crippen molar-refractivity contribution >= 4 is 22.4 Å². The van der Waals surface area contributed by atoms with Crippen molar-refractivity contribution in [3.8, 4) is 0 Å². The van der Waals surface area contributed by atoms with Crippen LogP contribution in [0.1, 0.15) is 18.2 Å². The summed E-state index contributed by atoms with van der Waals surface area (Å²) in [5.74, 6) is 0.970. The zero-order chi connectivity index (χ0) is 16.0. The summed E-state index contributed by atoms with van der Waals surface area (Å²) >= 11 is 0. The van der Waals surface area contributed by atoms with Crippen molar-refractivity contribution in [3.05, 3.63) is 35.5 Å². The minimum absolute atomic E-state index is 0.970. The van der Waals surface area contributed by atoms with Gasteiger partial charge in [0.15, 0.2) is 0 Å². The van der Waals surface area contributed by atoms with E-state index in [1.165, 1.54) is 10.9 Å². The van der Waals surface area contributed by atoms with Crippen LogP contribution in [0.4, 0.5) is 5.95 Å². The van der Waals surface area contributed by atoms with Crippen molar-refractivity contribution in [3.63, 3.8) is 0 Å².